The van der Waals surface area contributed by atoms with E-state index in [9.17, 15) is 9.18 Å². The Balaban J connectivity index is 3.37. The first kappa shape index (κ1) is 12.2. The van der Waals surface area contributed by atoms with Gasteiger partial charge in [0.05, 0.1) is 9.89 Å². The summed E-state index contributed by atoms with van der Waals surface area (Å²) in [5.41, 5.74) is -0.958. The molecule has 0 aliphatic rings. The number of halogens is 2. The molecular weight excluding hydrogens is 263 g/mol. The number of carboxylic acids is 1. The van der Waals surface area contributed by atoms with Crippen LogP contribution in [0.4, 0.5) is 4.39 Å². The van der Waals surface area contributed by atoms with E-state index in [2.05, 4.69) is 15.9 Å². The molecule has 2 nitrogen and oxygen atoms in total. The van der Waals surface area contributed by atoms with Crippen LogP contribution in [0.15, 0.2) is 22.7 Å². The second kappa shape index (κ2) is 4.31. The molecule has 0 aromatic heterocycles. The van der Waals surface area contributed by atoms with Crippen molar-refractivity contribution in [2.24, 2.45) is 0 Å². The first-order chi connectivity index (χ1) is 6.93. The second-order valence-electron chi connectivity index (χ2n) is 3.59. The molecule has 1 N–H and O–H groups in total. The average molecular weight is 275 g/mol. The van der Waals surface area contributed by atoms with Crippen LogP contribution in [-0.4, -0.2) is 11.1 Å². The lowest BCUT2D eigenvalue weighted by Gasteiger charge is -2.24. The third kappa shape index (κ3) is 2.04. The Hall–Kier alpha value is -0.900. The zero-order valence-corrected chi connectivity index (χ0v) is 10.1. The molecule has 0 saturated carbocycles. The molecule has 0 amide bonds. The highest BCUT2D eigenvalue weighted by atomic mass is 79.9. The topological polar surface area (TPSA) is 37.3 Å². The zero-order chi connectivity index (χ0) is 11.6. The van der Waals surface area contributed by atoms with Gasteiger partial charge < -0.3 is 5.11 Å². The maximum Gasteiger partial charge on any atom is 0.313 e. The molecule has 0 fully saturated rings. The van der Waals surface area contributed by atoms with E-state index in [1.807, 2.05) is 0 Å². The Kier molecular flexibility index (Phi) is 3.50. The summed E-state index contributed by atoms with van der Waals surface area (Å²) >= 11 is 3.05. The van der Waals surface area contributed by atoms with Crippen LogP contribution < -0.4 is 0 Å². The monoisotopic (exact) mass is 274 g/mol. The number of hydrogen-bond acceptors (Lipinski definition) is 1. The number of benzene rings is 1. The van der Waals surface area contributed by atoms with Crippen LogP contribution in [0.1, 0.15) is 25.8 Å². The maximum absolute atomic E-state index is 13.7. The fourth-order valence-corrected chi connectivity index (χ4v) is 1.75. The predicted octanol–water partition coefficient (Wildman–Crippen LogP) is 3.34. The van der Waals surface area contributed by atoms with Gasteiger partial charge in [0, 0.05) is 5.56 Å². The molecule has 4 heteroatoms. The van der Waals surface area contributed by atoms with E-state index in [0.29, 0.717) is 10.9 Å². The molecule has 0 radical (unpaired) electrons. The summed E-state index contributed by atoms with van der Waals surface area (Å²) in [4.78, 5) is 11.1. The van der Waals surface area contributed by atoms with Gasteiger partial charge in [0.1, 0.15) is 5.82 Å². The number of aliphatic carboxylic acids is 1. The minimum atomic E-state index is -1.17. The molecule has 0 saturated heterocycles. The van der Waals surface area contributed by atoms with Crippen molar-refractivity contribution in [3.05, 3.63) is 34.1 Å². The summed E-state index contributed by atoms with van der Waals surface area (Å²) in [6, 6.07) is 4.70. The summed E-state index contributed by atoms with van der Waals surface area (Å²) < 4.78 is 14.0. The van der Waals surface area contributed by atoms with Crippen molar-refractivity contribution in [1.29, 1.82) is 0 Å². The molecule has 0 aliphatic heterocycles. The van der Waals surface area contributed by atoms with E-state index >= 15 is 0 Å². The molecule has 1 atom stereocenters. The van der Waals surface area contributed by atoms with Crippen LogP contribution >= 0.6 is 15.9 Å². The van der Waals surface area contributed by atoms with Gasteiger partial charge in [-0.15, -0.1) is 0 Å². The Labute approximate surface area is 96.2 Å². The quantitative estimate of drug-likeness (QED) is 0.918. The highest BCUT2D eigenvalue weighted by Crippen LogP contribution is 2.32. The van der Waals surface area contributed by atoms with Gasteiger partial charge in [-0.3, -0.25) is 4.79 Å². The first-order valence-corrected chi connectivity index (χ1v) is 5.40. The fraction of sp³-hybridized carbons (Fsp3) is 0.364. The summed E-state index contributed by atoms with van der Waals surface area (Å²) in [5.74, 6) is -1.51. The van der Waals surface area contributed by atoms with E-state index in [4.69, 9.17) is 5.11 Å². The van der Waals surface area contributed by atoms with Crippen LogP contribution in [0.25, 0.3) is 0 Å². The second-order valence-corrected chi connectivity index (χ2v) is 4.45. The van der Waals surface area contributed by atoms with Crippen molar-refractivity contribution in [3.63, 3.8) is 0 Å². The SMILES string of the molecule is CCC(C)(C(=O)O)c1cccc(Br)c1F. The average Bonchev–Trinajstić information content (AvgIpc) is 2.20. The number of carboxylic acid groups (broad SMARTS) is 1. The molecule has 1 rings (SSSR count). The lowest BCUT2D eigenvalue weighted by molar-refractivity contribution is -0.143. The molecule has 1 aromatic rings. The minimum Gasteiger partial charge on any atom is -0.481 e. The normalized spacial score (nSPS) is 14.7. The standard InChI is InChI=1S/C11H12BrFO2/c1-3-11(2,10(14)15)7-5-4-6-8(12)9(7)13/h4-6H,3H2,1-2H3,(H,14,15). The van der Waals surface area contributed by atoms with E-state index in [1.54, 1.807) is 19.1 Å². The predicted molar refractivity (Wildman–Crippen MR) is 59.4 cm³/mol. The molecule has 0 bridgehead atoms. The van der Waals surface area contributed by atoms with Gasteiger partial charge in [-0.25, -0.2) is 4.39 Å². The Morgan fingerprint density at radius 1 is 1.60 bits per heavy atom. The van der Waals surface area contributed by atoms with Gasteiger partial charge in [0.2, 0.25) is 0 Å². The molecule has 0 aliphatic carbocycles. The summed E-state index contributed by atoms with van der Waals surface area (Å²) in [6.45, 7) is 3.26. The van der Waals surface area contributed by atoms with Crippen LogP contribution in [0.2, 0.25) is 0 Å². The van der Waals surface area contributed by atoms with Crippen LogP contribution in [0.3, 0.4) is 0 Å². The lowest BCUT2D eigenvalue weighted by Crippen LogP contribution is -2.32. The lowest BCUT2D eigenvalue weighted by atomic mass is 9.80. The zero-order valence-electron chi connectivity index (χ0n) is 8.55. The number of rotatable bonds is 3. The van der Waals surface area contributed by atoms with Gasteiger partial charge in [-0.05, 0) is 35.3 Å². The van der Waals surface area contributed by atoms with Gasteiger partial charge in [0.15, 0.2) is 0 Å². The molecule has 15 heavy (non-hydrogen) atoms. The molecular formula is C11H12BrFO2. The van der Waals surface area contributed by atoms with Crippen molar-refractivity contribution in [3.8, 4) is 0 Å². The highest BCUT2D eigenvalue weighted by Gasteiger charge is 2.36. The largest absolute Gasteiger partial charge is 0.481 e. The highest BCUT2D eigenvalue weighted by molar-refractivity contribution is 9.10. The van der Waals surface area contributed by atoms with Gasteiger partial charge in [0.25, 0.3) is 0 Å². The minimum absolute atomic E-state index is 0.215. The molecule has 1 aromatic carbocycles. The van der Waals surface area contributed by atoms with Gasteiger partial charge in [-0.2, -0.15) is 0 Å². The Morgan fingerprint density at radius 2 is 2.20 bits per heavy atom. The molecule has 1 unspecified atom stereocenters. The van der Waals surface area contributed by atoms with Crippen molar-refractivity contribution in [1.82, 2.24) is 0 Å². The van der Waals surface area contributed by atoms with Crippen LogP contribution in [-0.2, 0) is 10.2 Å². The fourth-order valence-electron chi connectivity index (χ4n) is 1.39. The molecule has 82 valence electrons. The van der Waals surface area contributed by atoms with Crippen molar-refractivity contribution >= 4 is 21.9 Å². The summed E-state index contributed by atoms with van der Waals surface area (Å²) in [6.07, 6.45) is 0.343. The number of hydrogen-bond donors (Lipinski definition) is 1. The molecule has 0 spiro atoms. The van der Waals surface area contributed by atoms with E-state index in [0.717, 1.165) is 0 Å². The van der Waals surface area contributed by atoms with Crippen molar-refractivity contribution < 1.29 is 14.3 Å². The first-order valence-electron chi connectivity index (χ1n) is 4.61. The third-order valence-corrected chi connectivity index (χ3v) is 3.34. The van der Waals surface area contributed by atoms with Crippen molar-refractivity contribution in [2.75, 3.05) is 0 Å². The van der Waals surface area contributed by atoms with Crippen molar-refractivity contribution in [2.45, 2.75) is 25.7 Å². The van der Waals surface area contributed by atoms with Crippen LogP contribution in [0.5, 0.6) is 0 Å². The van der Waals surface area contributed by atoms with E-state index < -0.39 is 17.2 Å². The smallest absolute Gasteiger partial charge is 0.313 e. The maximum atomic E-state index is 13.7. The summed E-state index contributed by atoms with van der Waals surface area (Å²) in [7, 11) is 0. The number of carbonyl (C=O) groups is 1. The third-order valence-electron chi connectivity index (χ3n) is 2.73. The van der Waals surface area contributed by atoms with Crippen LogP contribution in [0, 0.1) is 5.82 Å². The summed E-state index contributed by atoms with van der Waals surface area (Å²) in [5, 5.41) is 9.12. The molecule has 0 heterocycles. The van der Waals surface area contributed by atoms with Gasteiger partial charge >= 0.3 is 5.97 Å². The van der Waals surface area contributed by atoms with Gasteiger partial charge in [-0.1, -0.05) is 19.1 Å². The van der Waals surface area contributed by atoms with E-state index in [-0.39, 0.29) is 5.56 Å². The Bertz CT molecular complexity index is 392. The van der Waals surface area contributed by atoms with E-state index in [1.165, 1.54) is 13.0 Å². The Morgan fingerprint density at radius 3 is 2.67 bits per heavy atom.